The minimum atomic E-state index is -3.73. The lowest BCUT2D eigenvalue weighted by Crippen LogP contribution is -2.05. The quantitative estimate of drug-likeness (QED) is 0.655. The smallest absolute Gasteiger partial charge is 0.264 e. The zero-order valence-corrected chi connectivity index (χ0v) is 7.89. The van der Waals surface area contributed by atoms with E-state index in [0.717, 1.165) is 12.8 Å². The van der Waals surface area contributed by atoms with Crippen LogP contribution < -0.4 is 0 Å². The van der Waals surface area contributed by atoms with Crippen molar-refractivity contribution < 1.29 is 13.0 Å². The Morgan fingerprint density at radius 1 is 1.45 bits per heavy atom. The van der Waals surface area contributed by atoms with Gasteiger partial charge in [-0.1, -0.05) is 20.3 Å². The van der Waals surface area contributed by atoms with Gasteiger partial charge in [-0.15, -0.1) is 0 Å². The number of hydrogen-bond acceptors (Lipinski definition) is 2. The molecule has 0 spiro atoms. The van der Waals surface area contributed by atoms with E-state index in [2.05, 4.69) is 13.8 Å². The van der Waals surface area contributed by atoms with Gasteiger partial charge in [-0.05, 0) is 18.8 Å². The molecule has 0 aromatic rings. The third-order valence-corrected chi connectivity index (χ3v) is 2.60. The second-order valence-electron chi connectivity index (χ2n) is 2.94. The molecule has 4 heteroatoms. The Hall–Kier alpha value is -0.0900. The molecule has 68 valence electrons. The van der Waals surface area contributed by atoms with Gasteiger partial charge in [-0.25, -0.2) is 0 Å². The van der Waals surface area contributed by atoms with Crippen molar-refractivity contribution in [2.75, 3.05) is 5.75 Å². The normalized spacial score (nSPS) is 14.8. The maximum Gasteiger partial charge on any atom is 0.264 e. The first-order valence-electron chi connectivity index (χ1n) is 3.91. The van der Waals surface area contributed by atoms with Crippen LogP contribution in [-0.2, 0) is 10.1 Å². The fourth-order valence-electron chi connectivity index (χ4n) is 0.818. The fraction of sp³-hybridized carbons (Fsp3) is 1.00. The first kappa shape index (κ1) is 10.9. The van der Waals surface area contributed by atoms with E-state index in [1.807, 2.05) is 0 Å². The summed E-state index contributed by atoms with van der Waals surface area (Å²) in [5.41, 5.74) is 0. The van der Waals surface area contributed by atoms with Crippen molar-refractivity contribution in [3.05, 3.63) is 0 Å². The maximum atomic E-state index is 10.3. The highest BCUT2D eigenvalue weighted by molar-refractivity contribution is 7.85. The summed E-state index contributed by atoms with van der Waals surface area (Å²) in [4.78, 5) is 0. The van der Waals surface area contributed by atoms with Crippen molar-refractivity contribution in [2.45, 2.75) is 33.1 Å². The second-order valence-corrected chi connectivity index (χ2v) is 4.51. The lowest BCUT2D eigenvalue weighted by molar-refractivity contribution is 0.467. The van der Waals surface area contributed by atoms with Crippen molar-refractivity contribution in [1.29, 1.82) is 0 Å². The lowest BCUT2D eigenvalue weighted by Gasteiger charge is -2.05. The molecule has 0 radical (unpaired) electrons. The average Bonchev–Trinajstić information content (AvgIpc) is 1.85. The highest BCUT2D eigenvalue weighted by atomic mass is 32.2. The van der Waals surface area contributed by atoms with Gasteiger partial charge < -0.3 is 0 Å². The molecule has 1 N–H and O–H groups in total. The molecule has 0 fully saturated rings. The SMILES string of the molecule is CCC(C)CCCS(=O)(=O)O. The zero-order chi connectivity index (χ0) is 8.91. The molecule has 0 aromatic heterocycles. The molecule has 0 aromatic carbocycles. The van der Waals surface area contributed by atoms with Crippen LogP contribution in [0.2, 0.25) is 0 Å². The third-order valence-electron chi connectivity index (χ3n) is 1.80. The van der Waals surface area contributed by atoms with Gasteiger partial charge in [0.05, 0.1) is 5.75 Å². The summed E-state index contributed by atoms with van der Waals surface area (Å²) in [5.74, 6) is 0.453. The summed E-state index contributed by atoms with van der Waals surface area (Å²) in [7, 11) is -3.73. The Kier molecular flexibility index (Phi) is 4.68. The van der Waals surface area contributed by atoms with E-state index in [4.69, 9.17) is 4.55 Å². The topological polar surface area (TPSA) is 54.4 Å². The van der Waals surface area contributed by atoms with Crippen molar-refractivity contribution in [3.63, 3.8) is 0 Å². The summed E-state index contributed by atoms with van der Waals surface area (Å²) in [6, 6.07) is 0. The minimum Gasteiger partial charge on any atom is -0.286 e. The van der Waals surface area contributed by atoms with Gasteiger partial charge in [0.25, 0.3) is 10.1 Å². The molecule has 0 aliphatic rings. The van der Waals surface area contributed by atoms with Crippen LogP contribution >= 0.6 is 0 Å². The predicted molar refractivity (Wildman–Crippen MR) is 45.1 cm³/mol. The molecule has 0 bridgehead atoms. The molecular weight excluding hydrogens is 164 g/mol. The summed E-state index contributed by atoms with van der Waals surface area (Å²) >= 11 is 0. The molecule has 0 aliphatic heterocycles. The van der Waals surface area contributed by atoms with Gasteiger partial charge >= 0.3 is 0 Å². The summed E-state index contributed by atoms with van der Waals surface area (Å²) in [5, 5.41) is 0. The molecule has 0 saturated carbocycles. The van der Waals surface area contributed by atoms with Gasteiger partial charge in [0, 0.05) is 0 Å². The zero-order valence-electron chi connectivity index (χ0n) is 7.08. The molecular formula is C7H16O3S. The molecule has 0 heterocycles. The van der Waals surface area contributed by atoms with Crippen LogP contribution in [0.4, 0.5) is 0 Å². The van der Waals surface area contributed by atoms with Gasteiger partial charge in [-0.3, -0.25) is 4.55 Å². The Bertz CT molecular complexity index is 184. The molecule has 0 amide bonds. The van der Waals surface area contributed by atoms with Gasteiger partial charge in [0.15, 0.2) is 0 Å². The Morgan fingerprint density at radius 2 is 2.00 bits per heavy atom. The van der Waals surface area contributed by atoms with Crippen LogP contribution in [0, 0.1) is 5.92 Å². The molecule has 0 rings (SSSR count). The Labute approximate surface area is 68.6 Å². The molecule has 3 nitrogen and oxygen atoms in total. The van der Waals surface area contributed by atoms with Crippen molar-refractivity contribution in [1.82, 2.24) is 0 Å². The Morgan fingerprint density at radius 3 is 2.36 bits per heavy atom. The third kappa shape index (κ3) is 7.81. The van der Waals surface area contributed by atoms with Crippen LogP contribution in [0.1, 0.15) is 33.1 Å². The predicted octanol–water partition coefficient (Wildman–Crippen LogP) is 1.70. The van der Waals surface area contributed by atoms with Gasteiger partial charge in [0.2, 0.25) is 0 Å². The first-order valence-corrected chi connectivity index (χ1v) is 5.51. The first-order chi connectivity index (χ1) is 4.95. The van der Waals surface area contributed by atoms with E-state index in [-0.39, 0.29) is 5.75 Å². The summed E-state index contributed by atoms with van der Waals surface area (Å²) in [6.07, 6.45) is 2.50. The molecule has 0 saturated heterocycles. The maximum absolute atomic E-state index is 10.3. The van der Waals surface area contributed by atoms with Crippen LogP contribution in [0.25, 0.3) is 0 Å². The van der Waals surface area contributed by atoms with E-state index in [9.17, 15) is 8.42 Å². The number of rotatable bonds is 5. The highest BCUT2D eigenvalue weighted by Gasteiger charge is 2.05. The van der Waals surface area contributed by atoms with E-state index < -0.39 is 10.1 Å². The monoisotopic (exact) mass is 180 g/mol. The van der Waals surface area contributed by atoms with Crippen LogP contribution in [0.15, 0.2) is 0 Å². The average molecular weight is 180 g/mol. The summed E-state index contributed by atoms with van der Waals surface area (Å²) < 4.78 is 28.9. The number of hydrogen-bond donors (Lipinski definition) is 1. The van der Waals surface area contributed by atoms with E-state index in [0.29, 0.717) is 12.3 Å². The van der Waals surface area contributed by atoms with Crippen LogP contribution in [0.3, 0.4) is 0 Å². The van der Waals surface area contributed by atoms with Crippen LogP contribution in [0.5, 0.6) is 0 Å². The van der Waals surface area contributed by atoms with Crippen LogP contribution in [-0.4, -0.2) is 18.7 Å². The fourth-order valence-corrected chi connectivity index (χ4v) is 1.35. The van der Waals surface area contributed by atoms with Crippen molar-refractivity contribution in [3.8, 4) is 0 Å². The Balaban J connectivity index is 3.43. The van der Waals surface area contributed by atoms with Gasteiger partial charge in [-0.2, -0.15) is 8.42 Å². The van der Waals surface area contributed by atoms with Crippen molar-refractivity contribution in [2.24, 2.45) is 5.92 Å². The van der Waals surface area contributed by atoms with E-state index in [1.54, 1.807) is 0 Å². The highest BCUT2D eigenvalue weighted by Crippen LogP contribution is 2.09. The second kappa shape index (κ2) is 4.72. The lowest BCUT2D eigenvalue weighted by atomic mass is 10.0. The van der Waals surface area contributed by atoms with E-state index in [1.165, 1.54) is 0 Å². The minimum absolute atomic E-state index is 0.0999. The largest absolute Gasteiger partial charge is 0.286 e. The van der Waals surface area contributed by atoms with E-state index >= 15 is 0 Å². The summed E-state index contributed by atoms with van der Waals surface area (Å²) in [6.45, 7) is 4.14. The van der Waals surface area contributed by atoms with Crippen molar-refractivity contribution >= 4 is 10.1 Å². The standard InChI is InChI=1S/C7H16O3S/c1-3-7(2)5-4-6-11(8,9)10/h7H,3-6H2,1-2H3,(H,8,9,10). The van der Waals surface area contributed by atoms with Gasteiger partial charge in [0.1, 0.15) is 0 Å². The molecule has 0 aliphatic carbocycles. The molecule has 1 atom stereocenters. The molecule has 1 unspecified atom stereocenters. The molecule has 11 heavy (non-hydrogen) atoms.